The summed E-state index contributed by atoms with van der Waals surface area (Å²) in [4.78, 5) is 2.43. The van der Waals surface area contributed by atoms with Crippen molar-refractivity contribution in [3.8, 4) is 11.5 Å². The van der Waals surface area contributed by atoms with Crippen molar-refractivity contribution in [3.05, 3.63) is 23.3 Å². The third-order valence-electron chi connectivity index (χ3n) is 4.34. The Bertz CT molecular complexity index is 462. The van der Waals surface area contributed by atoms with E-state index in [0.29, 0.717) is 5.92 Å². The summed E-state index contributed by atoms with van der Waals surface area (Å²) >= 11 is 0. The molecule has 1 fully saturated rings. The van der Waals surface area contributed by atoms with Crippen LogP contribution in [-0.2, 0) is 6.54 Å². The first-order valence-corrected chi connectivity index (χ1v) is 7.24. The topological polar surface area (TPSA) is 47.7 Å². The lowest BCUT2D eigenvalue weighted by molar-refractivity contribution is 0.162. The second kappa shape index (κ2) is 6.46. The Labute approximate surface area is 121 Å². The summed E-state index contributed by atoms with van der Waals surface area (Å²) in [7, 11) is 3.34. The van der Waals surface area contributed by atoms with Crippen LogP contribution < -0.4 is 15.2 Å². The molecule has 2 rings (SSSR count). The summed E-state index contributed by atoms with van der Waals surface area (Å²) in [6, 6.07) is 4.41. The molecule has 0 radical (unpaired) electrons. The minimum absolute atomic E-state index is 0.282. The Hall–Kier alpha value is -1.26. The van der Waals surface area contributed by atoms with Crippen molar-refractivity contribution in [3.63, 3.8) is 0 Å². The SMILES string of the molecule is COc1cc(C)c(CN2CCC(C)C(N)C2)cc1OC. The minimum atomic E-state index is 0.282. The van der Waals surface area contributed by atoms with E-state index in [9.17, 15) is 0 Å². The van der Waals surface area contributed by atoms with Gasteiger partial charge in [-0.15, -0.1) is 0 Å². The van der Waals surface area contributed by atoms with Gasteiger partial charge in [-0.2, -0.15) is 0 Å². The molecule has 2 N–H and O–H groups in total. The second-order valence-electron chi connectivity index (χ2n) is 5.80. The Morgan fingerprint density at radius 3 is 2.50 bits per heavy atom. The van der Waals surface area contributed by atoms with Crippen LogP contribution in [0.2, 0.25) is 0 Å². The molecule has 4 nitrogen and oxygen atoms in total. The average molecular weight is 278 g/mol. The highest BCUT2D eigenvalue weighted by molar-refractivity contribution is 5.47. The first-order chi connectivity index (χ1) is 9.55. The zero-order valence-corrected chi connectivity index (χ0v) is 13.0. The number of nitrogens with zero attached hydrogens (tertiary/aromatic N) is 1. The largest absolute Gasteiger partial charge is 0.493 e. The maximum atomic E-state index is 6.18. The van der Waals surface area contributed by atoms with Crippen LogP contribution in [0.3, 0.4) is 0 Å². The van der Waals surface area contributed by atoms with E-state index in [-0.39, 0.29) is 6.04 Å². The van der Waals surface area contributed by atoms with Crippen LogP contribution in [0.25, 0.3) is 0 Å². The van der Waals surface area contributed by atoms with Gasteiger partial charge >= 0.3 is 0 Å². The second-order valence-corrected chi connectivity index (χ2v) is 5.80. The van der Waals surface area contributed by atoms with Gasteiger partial charge in [0.2, 0.25) is 0 Å². The normalized spacial score (nSPS) is 23.6. The number of aryl methyl sites for hydroxylation is 1. The molecule has 2 unspecified atom stereocenters. The number of methoxy groups -OCH3 is 2. The standard InChI is InChI=1S/C16H26N2O2/c1-11-5-6-18(10-14(11)17)9-13-8-16(20-4)15(19-3)7-12(13)2/h7-8,11,14H,5-6,9-10,17H2,1-4H3. The van der Waals surface area contributed by atoms with Crippen LogP contribution >= 0.6 is 0 Å². The monoisotopic (exact) mass is 278 g/mol. The van der Waals surface area contributed by atoms with E-state index in [1.165, 1.54) is 17.5 Å². The molecular formula is C16H26N2O2. The summed E-state index contributed by atoms with van der Waals surface area (Å²) in [6.45, 7) is 7.36. The lowest BCUT2D eigenvalue weighted by Crippen LogP contribution is -2.47. The van der Waals surface area contributed by atoms with Crippen molar-refractivity contribution in [2.75, 3.05) is 27.3 Å². The van der Waals surface area contributed by atoms with Crippen LogP contribution in [0.5, 0.6) is 11.5 Å². The van der Waals surface area contributed by atoms with E-state index in [4.69, 9.17) is 15.2 Å². The molecule has 1 saturated heterocycles. The maximum Gasteiger partial charge on any atom is 0.161 e. The van der Waals surface area contributed by atoms with Gasteiger partial charge in [0, 0.05) is 19.1 Å². The van der Waals surface area contributed by atoms with Crippen molar-refractivity contribution < 1.29 is 9.47 Å². The molecule has 1 aromatic carbocycles. The van der Waals surface area contributed by atoms with E-state index in [0.717, 1.165) is 31.1 Å². The molecule has 1 aromatic rings. The van der Waals surface area contributed by atoms with Crippen LogP contribution in [0, 0.1) is 12.8 Å². The molecule has 1 aliphatic heterocycles. The molecule has 0 saturated carbocycles. The smallest absolute Gasteiger partial charge is 0.161 e. The minimum Gasteiger partial charge on any atom is -0.493 e. The van der Waals surface area contributed by atoms with E-state index < -0.39 is 0 Å². The Kier molecular flexibility index (Phi) is 4.89. The van der Waals surface area contributed by atoms with Crippen LogP contribution in [-0.4, -0.2) is 38.3 Å². The summed E-state index contributed by atoms with van der Waals surface area (Å²) in [5.41, 5.74) is 8.69. The quantitative estimate of drug-likeness (QED) is 0.917. The van der Waals surface area contributed by atoms with Gasteiger partial charge in [-0.25, -0.2) is 0 Å². The van der Waals surface area contributed by atoms with Crippen molar-refractivity contribution in [1.29, 1.82) is 0 Å². The van der Waals surface area contributed by atoms with Gasteiger partial charge in [-0.05, 0) is 49.1 Å². The molecule has 0 spiro atoms. The lowest BCUT2D eigenvalue weighted by Gasteiger charge is -2.35. The highest BCUT2D eigenvalue weighted by atomic mass is 16.5. The molecule has 0 bridgehead atoms. The number of ether oxygens (including phenoxy) is 2. The van der Waals surface area contributed by atoms with Gasteiger partial charge in [0.25, 0.3) is 0 Å². The highest BCUT2D eigenvalue weighted by Gasteiger charge is 2.23. The third-order valence-corrected chi connectivity index (χ3v) is 4.34. The van der Waals surface area contributed by atoms with Gasteiger partial charge in [0.05, 0.1) is 14.2 Å². The summed E-state index contributed by atoms with van der Waals surface area (Å²) < 4.78 is 10.7. The summed E-state index contributed by atoms with van der Waals surface area (Å²) in [6.07, 6.45) is 1.17. The van der Waals surface area contributed by atoms with E-state index in [1.54, 1.807) is 14.2 Å². The van der Waals surface area contributed by atoms with Gasteiger partial charge in [-0.1, -0.05) is 6.92 Å². The number of rotatable bonds is 4. The van der Waals surface area contributed by atoms with Crippen LogP contribution in [0.15, 0.2) is 12.1 Å². The van der Waals surface area contributed by atoms with Crippen LogP contribution in [0.4, 0.5) is 0 Å². The zero-order chi connectivity index (χ0) is 14.7. The van der Waals surface area contributed by atoms with Gasteiger partial charge in [-0.3, -0.25) is 4.90 Å². The molecule has 0 aromatic heterocycles. The number of likely N-dealkylation sites (tertiary alicyclic amines) is 1. The predicted octanol–water partition coefficient (Wildman–Crippen LogP) is 2.18. The Balaban J connectivity index is 2.13. The lowest BCUT2D eigenvalue weighted by atomic mass is 9.94. The molecule has 1 aliphatic rings. The molecule has 20 heavy (non-hydrogen) atoms. The van der Waals surface area contributed by atoms with Gasteiger partial charge in [0.15, 0.2) is 11.5 Å². The fourth-order valence-corrected chi connectivity index (χ4v) is 2.75. The van der Waals surface area contributed by atoms with Crippen molar-refractivity contribution in [2.24, 2.45) is 11.7 Å². The first-order valence-electron chi connectivity index (χ1n) is 7.24. The highest BCUT2D eigenvalue weighted by Crippen LogP contribution is 2.31. The molecule has 1 heterocycles. The summed E-state index contributed by atoms with van der Waals surface area (Å²) in [5, 5.41) is 0. The van der Waals surface area contributed by atoms with Crippen molar-refractivity contribution >= 4 is 0 Å². The number of hydrogen-bond donors (Lipinski definition) is 1. The number of nitrogens with two attached hydrogens (primary N) is 1. The number of piperidine rings is 1. The molecule has 0 amide bonds. The fraction of sp³-hybridized carbons (Fsp3) is 0.625. The average Bonchev–Trinajstić information content (AvgIpc) is 2.44. The Morgan fingerprint density at radius 2 is 1.90 bits per heavy atom. The first kappa shape index (κ1) is 15.1. The van der Waals surface area contributed by atoms with Crippen molar-refractivity contribution in [2.45, 2.75) is 32.9 Å². The van der Waals surface area contributed by atoms with Crippen LogP contribution in [0.1, 0.15) is 24.5 Å². The number of hydrogen-bond acceptors (Lipinski definition) is 4. The fourth-order valence-electron chi connectivity index (χ4n) is 2.75. The molecule has 4 heteroatoms. The van der Waals surface area contributed by atoms with E-state index >= 15 is 0 Å². The molecular weight excluding hydrogens is 252 g/mol. The zero-order valence-electron chi connectivity index (χ0n) is 13.0. The molecule has 0 aliphatic carbocycles. The van der Waals surface area contributed by atoms with E-state index in [1.807, 2.05) is 6.07 Å². The van der Waals surface area contributed by atoms with Gasteiger partial charge < -0.3 is 15.2 Å². The maximum absolute atomic E-state index is 6.18. The molecule has 112 valence electrons. The van der Waals surface area contributed by atoms with E-state index in [2.05, 4.69) is 24.8 Å². The number of benzene rings is 1. The Morgan fingerprint density at radius 1 is 1.25 bits per heavy atom. The predicted molar refractivity (Wildman–Crippen MR) is 81.3 cm³/mol. The third kappa shape index (κ3) is 3.25. The van der Waals surface area contributed by atoms with Gasteiger partial charge in [0.1, 0.15) is 0 Å². The van der Waals surface area contributed by atoms with Crippen molar-refractivity contribution in [1.82, 2.24) is 4.90 Å². The summed E-state index contributed by atoms with van der Waals surface area (Å²) in [5.74, 6) is 2.21. The molecule has 2 atom stereocenters.